The molecule has 0 aromatic heterocycles. The van der Waals surface area contributed by atoms with Crippen molar-refractivity contribution in [2.24, 2.45) is 17.7 Å². The molecule has 16 nitrogen and oxygen atoms in total. The molecule has 62 heavy (non-hydrogen) atoms. The Hall–Kier alpha value is -6.28. The average Bonchev–Trinajstić information content (AvgIpc) is 3.20. The fraction of sp³-hybridized carbons (Fsp3) is 0.318. The van der Waals surface area contributed by atoms with E-state index >= 15 is 0 Å². The smallest absolute Gasteiger partial charge is 0.309 e. The fourth-order valence-electron chi connectivity index (χ4n) is 5.62. The van der Waals surface area contributed by atoms with Gasteiger partial charge in [-0.3, -0.25) is 24.6 Å². The zero-order valence-electron chi connectivity index (χ0n) is 34.4. The number of rotatable bonds is 14. The van der Waals surface area contributed by atoms with E-state index in [1.54, 1.807) is 30.3 Å². The largest absolute Gasteiger partial charge is 0.481 e. The molecule has 0 saturated carbocycles. The number of aliphatic hydroxyl groups is 2. The molecular formula is C44H53N5O11S2. The molecule has 0 fully saturated rings. The van der Waals surface area contributed by atoms with Crippen LogP contribution in [0.1, 0.15) is 64.2 Å². The van der Waals surface area contributed by atoms with Crippen LogP contribution in [0.4, 0.5) is 11.4 Å². The molecule has 0 aliphatic carbocycles. The third kappa shape index (κ3) is 16.6. The van der Waals surface area contributed by atoms with Crippen LogP contribution >= 0.6 is 0 Å². The average molecular weight is 892 g/mol. The molecule has 0 bridgehead atoms. The third-order valence-electron chi connectivity index (χ3n) is 9.20. The Morgan fingerprint density at radius 3 is 1.39 bits per heavy atom. The quantitative estimate of drug-likeness (QED) is 0.0322. The molecule has 7 N–H and O–H groups in total. The van der Waals surface area contributed by atoms with Crippen LogP contribution in [0.25, 0.3) is 9.69 Å². The van der Waals surface area contributed by atoms with Gasteiger partial charge in [-0.1, -0.05) is 56.0 Å². The van der Waals surface area contributed by atoms with Gasteiger partial charge in [0, 0.05) is 23.6 Å². The summed E-state index contributed by atoms with van der Waals surface area (Å²) in [5, 5.41) is 31.0. The highest BCUT2D eigenvalue weighted by atomic mass is 32.2. The van der Waals surface area contributed by atoms with E-state index in [1.807, 2.05) is 25.3 Å². The van der Waals surface area contributed by atoms with Gasteiger partial charge >= 0.3 is 5.97 Å². The minimum absolute atomic E-state index is 0. The number of hydrazine groups is 1. The first-order valence-corrected chi connectivity index (χ1v) is 22.2. The van der Waals surface area contributed by atoms with Crippen LogP contribution in [0.3, 0.4) is 0 Å². The number of nitrogen functional groups attached to an aromatic ring is 1. The van der Waals surface area contributed by atoms with Crippen molar-refractivity contribution < 1.29 is 51.3 Å². The highest BCUT2D eigenvalue weighted by Gasteiger charge is 2.25. The number of nitrogens with zero attached hydrogens (tertiary/aromatic N) is 2. The van der Waals surface area contributed by atoms with Crippen LogP contribution in [-0.4, -0.2) is 87.0 Å². The van der Waals surface area contributed by atoms with Crippen LogP contribution in [0.5, 0.6) is 0 Å². The molecule has 4 atom stereocenters. The molecule has 0 unspecified atom stereocenters. The van der Waals surface area contributed by atoms with E-state index in [0.717, 1.165) is 34.8 Å². The first kappa shape index (κ1) is 53.7. The molecule has 4 rings (SSSR count). The number of aliphatic hydroxyl groups excluding tert-OH is 2. The maximum absolute atomic E-state index is 12.6. The topological polar surface area (TPSA) is 256 Å². The van der Waals surface area contributed by atoms with Crippen molar-refractivity contribution in [1.82, 2.24) is 10.7 Å². The minimum atomic E-state index is -3.35. The number of aryl methyl sites for hydroxylation is 2. The highest BCUT2D eigenvalue weighted by Crippen LogP contribution is 2.24. The molecular weight excluding hydrogens is 839 g/mol. The maximum atomic E-state index is 12.6. The summed E-state index contributed by atoms with van der Waals surface area (Å²) in [5.41, 5.74) is 6.90. The summed E-state index contributed by atoms with van der Waals surface area (Å²) in [6.07, 6.45) is 0.886. The number of Topliss-reactive ketones (excluding diaryl/α,β-unsaturated/α-hetero) is 1. The van der Waals surface area contributed by atoms with Gasteiger partial charge in [-0.05, 0) is 99.2 Å². The van der Waals surface area contributed by atoms with E-state index in [2.05, 4.69) is 15.0 Å². The number of hydrogen-bond acceptors (Lipinski definition) is 11. The zero-order valence-corrected chi connectivity index (χ0v) is 36.0. The monoisotopic (exact) mass is 891 g/mol. The number of ketones is 1. The summed E-state index contributed by atoms with van der Waals surface area (Å²) < 4.78 is 45.1. The fourth-order valence-corrected chi connectivity index (χ4v) is 6.88. The first-order valence-electron chi connectivity index (χ1n) is 18.4. The van der Waals surface area contributed by atoms with Gasteiger partial charge in [0.25, 0.3) is 5.91 Å². The summed E-state index contributed by atoms with van der Waals surface area (Å²) in [6.45, 7) is 20.4. The number of amides is 2. The molecule has 0 saturated heterocycles. The lowest BCUT2D eigenvalue weighted by molar-refractivity contribution is -0.145. The van der Waals surface area contributed by atoms with E-state index in [4.69, 9.17) is 24.1 Å². The predicted molar refractivity (Wildman–Crippen MR) is 235 cm³/mol. The standard InChI is InChI=1S/C22H24N2O5S.C13H15NO3.C8H10N2O3S.CH4/c1-14-11-16(5-10-20(14)23-3)12-19(15(2)25)22(27)24-13-21(26)17-6-8-18(9-7-17)30(4,28)29;1-8-6-10(4-5-12(8)14-3)7-11(9(2)15)13(16)17;1-14(12,13)7-4-2-6(3-5-7)8(11)10-9;/h5-11,15,19,25H,12-13H2,1-2,4H3,(H,24,27);4-6,9,11,15H,7H2,1-2H3,(H,16,17);2-5H,9H2,1H3,(H,10,11);1H4/t15-,19-;9-,11-;;/m11../s1. The SMILES string of the molecule is C.CS(=O)(=O)c1ccc(C(=O)NN)cc1.[C-]#[N+]c1ccc(C[C@@H](C(=O)NCC(=O)c2ccc(S(C)(=O)=O)cc2)[C@@H](C)O)cc1C.[C-]#[N+]c1ccc(C[C@@H](C(=O)O)[C@@H](C)O)cc1C. The normalized spacial score (nSPS) is 12.6. The Morgan fingerprint density at radius 2 is 1.06 bits per heavy atom. The molecule has 0 aliphatic rings. The zero-order chi connectivity index (χ0) is 46.2. The van der Waals surface area contributed by atoms with Crippen LogP contribution in [0, 0.1) is 38.8 Å². The van der Waals surface area contributed by atoms with Crippen molar-refractivity contribution in [2.45, 2.75) is 70.0 Å². The van der Waals surface area contributed by atoms with E-state index in [1.165, 1.54) is 62.4 Å². The number of nitrogens with two attached hydrogens (primary N) is 1. The van der Waals surface area contributed by atoms with Crippen LogP contribution in [0.2, 0.25) is 0 Å². The first-order chi connectivity index (χ1) is 28.4. The van der Waals surface area contributed by atoms with Gasteiger partial charge in [-0.2, -0.15) is 0 Å². The Bertz CT molecular complexity index is 2510. The molecule has 4 aromatic rings. The number of benzene rings is 4. The molecule has 0 aliphatic heterocycles. The summed E-state index contributed by atoms with van der Waals surface area (Å²) in [5.74, 6) is 1.05. The van der Waals surface area contributed by atoms with Gasteiger partial charge in [0.2, 0.25) is 5.91 Å². The molecule has 0 heterocycles. The van der Waals surface area contributed by atoms with Crippen molar-refractivity contribution >= 4 is 54.6 Å². The third-order valence-corrected chi connectivity index (χ3v) is 11.5. The minimum Gasteiger partial charge on any atom is -0.481 e. The molecule has 0 radical (unpaired) electrons. The van der Waals surface area contributed by atoms with Gasteiger partial charge < -0.3 is 20.6 Å². The lowest BCUT2D eigenvalue weighted by Crippen LogP contribution is -2.40. The van der Waals surface area contributed by atoms with Gasteiger partial charge in [0.15, 0.2) is 36.8 Å². The number of carboxylic acid groups (broad SMARTS) is 1. The number of carbonyl (C=O) groups excluding carboxylic acids is 3. The van der Waals surface area contributed by atoms with Crippen molar-refractivity contribution in [2.75, 3.05) is 19.1 Å². The molecule has 2 amide bonds. The Morgan fingerprint density at radius 1 is 0.677 bits per heavy atom. The number of hydrogen-bond donors (Lipinski definition) is 6. The van der Waals surface area contributed by atoms with E-state index in [0.29, 0.717) is 16.9 Å². The molecule has 332 valence electrons. The summed E-state index contributed by atoms with van der Waals surface area (Å²) in [4.78, 5) is 53.9. The number of carboxylic acids is 1. The second-order valence-corrected chi connectivity index (χ2v) is 18.1. The van der Waals surface area contributed by atoms with E-state index in [-0.39, 0.29) is 48.0 Å². The van der Waals surface area contributed by atoms with E-state index < -0.39 is 61.5 Å². The number of nitrogens with one attached hydrogen (secondary N) is 2. The Kier molecular flexibility index (Phi) is 21.0. The maximum Gasteiger partial charge on any atom is 0.309 e. The number of aliphatic carboxylic acids is 1. The second-order valence-electron chi connectivity index (χ2n) is 14.1. The van der Waals surface area contributed by atoms with Gasteiger partial charge in [-0.15, -0.1) is 0 Å². The Labute approximate surface area is 363 Å². The van der Waals surface area contributed by atoms with Crippen molar-refractivity contribution in [3.63, 3.8) is 0 Å². The summed E-state index contributed by atoms with van der Waals surface area (Å²) in [6, 6.07) is 21.5. The van der Waals surface area contributed by atoms with Crippen LogP contribution in [-0.2, 0) is 42.1 Å². The molecule has 18 heteroatoms. The molecule has 0 spiro atoms. The lowest BCUT2D eigenvalue weighted by Gasteiger charge is -2.20. The summed E-state index contributed by atoms with van der Waals surface area (Å²) in [7, 11) is -6.57. The van der Waals surface area contributed by atoms with E-state index in [9.17, 15) is 46.2 Å². The highest BCUT2D eigenvalue weighted by molar-refractivity contribution is 7.91. The Balaban J connectivity index is 0.000000508. The molecule has 4 aromatic carbocycles. The van der Waals surface area contributed by atoms with Crippen molar-refractivity contribution in [1.29, 1.82) is 0 Å². The second kappa shape index (κ2) is 24.2. The van der Waals surface area contributed by atoms with Crippen molar-refractivity contribution in [3.05, 3.63) is 141 Å². The van der Waals surface area contributed by atoms with Crippen LogP contribution in [0.15, 0.2) is 94.7 Å². The predicted octanol–water partition coefficient (Wildman–Crippen LogP) is 4.99. The van der Waals surface area contributed by atoms with Gasteiger partial charge in [-0.25, -0.2) is 32.4 Å². The van der Waals surface area contributed by atoms with Crippen LogP contribution < -0.4 is 16.6 Å². The summed E-state index contributed by atoms with van der Waals surface area (Å²) >= 11 is 0. The number of carbonyl (C=O) groups is 4. The lowest BCUT2D eigenvalue weighted by atomic mass is 9.93. The number of sulfone groups is 2. The van der Waals surface area contributed by atoms with Crippen molar-refractivity contribution in [3.8, 4) is 0 Å². The van der Waals surface area contributed by atoms with Gasteiger partial charge in [0.1, 0.15) is 0 Å². The van der Waals surface area contributed by atoms with Gasteiger partial charge in [0.05, 0.1) is 53.5 Å².